The average molecular weight is 366 g/mol. The van der Waals surface area contributed by atoms with Crippen LogP contribution in [0.25, 0.3) is 0 Å². The van der Waals surface area contributed by atoms with Crippen LogP contribution in [-0.4, -0.2) is 33.8 Å². The van der Waals surface area contributed by atoms with Gasteiger partial charge in [-0.05, 0) is 25.0 Å². The third-order valence-electron chi connectivity index (χ3n) is 3.66. The van der Waals surface area contributed by atoms with Gasteiger partial charge in [-0.25, -0.2) is 0 Å². The van der Waals surface area contributed by atoms with Gasteiger partial charge in [0, 0.05) is 6.04 Å². The fourth-order valence-electron chi connectivity index (χ4n) is 2.51. The molecule has 1 aliphatic carbocycles. The molecule has 0 bridgehead atoms. The highest BCUT2D eigenvalue weighted by molar-refractivity contribution is 8.01. The predicted molar refractivity (Wildman–Crippen MR) is 92.3 cm³/mol. The SMILES string of the molecule is O=C(CSc1nnc(NC2CCCCC2)s1)NC(=O)c1ccco1. The van der Waals surface area contributed by atoms with Gasteiger partial charge < -0.3 is 9.73 Å². The number of imide groups is 1. The second kappa shape index (κ2) is 8.29. The number of amides is 2. The Morgan fingerprint density at radius 3 is 2.88 bits per heavy atom. The summed E-state index contributed by atoms with van der Waals surface area (Å²) in [5.74, 6) is -0.714. The van der Waals surface area contributed by atoms with E-state index < -0.39 is 11.8 Å². The van der Waals surface area contributed by atoms with E-state index in [-0.39, 0.29) is 11.5 Å². The number of furan rings is 1. The van der Waals surface area contributed by atoms with E-state index in [1.807, 2.05) is 0 Å². The zero-order valence-electron chi connectivity index (χ0n) is 13.0. The molecule has 9 heteroatoms. The third kappa shape index (κ3) is 4.81. The summed E-state index contributed by atoms with van der Waals surface area (Å²) in [6.45, 7) is 0. The third-order valence-corrected chi connectivity index (χ3v) is 5.65. The van der Waals surface area contributed by atoms with Crippen molar-refractivity contribution in [3.8, 4) is 0 Å². The fourth-order valence-corrected chi connectivity index (χ4v) is 4.14. The number of nitrogens with one attached hydrogen (secondary N) is 2. The Morgan fingerprint density at radius 2 is 2.12 bits per heavy atom. The first-order valence-electron chi connectivity index (χ1n) is 7.81. The second-order valence-electron chi connectivity index (χ2n) is 5.50. The molecule has 1 aliphatic rings. The maximum atomic E-state index is 11.8. The number of nitrogens with zero attached hydrogens (tertiary/aromatic N) is 2. The Kier molecular flexibility index (Phi) is 5.86. The minimum atomic E-state index is -0.539. The van der Waals surface area contributed by atoms with Gasteiger partial charge in [-0.15, -0.1) is 10.2 Å². The van der Waals surface area contributed by atoms with Gasteiger partial charge in [0.25, 0.3) is 5.91 Å². The lowest BCUT2D eigenvalue weighted by Gasteiger charge is -2.21. The molecule has 0 aliphatic heterocycles. The van der Waals surface area contributed by atoms with Crippen LogP contribution in [0.15, 0.2) is 27.2 Å². The van der Waals surface area contributed by atoms with Crippen LogP contribution < -0.4 is 10.6 Å². The minimum absolute atomic E-state index is 0.102. The summed E-state index contributed by atoms with van der Waals surface area (Å²) < 4.78 is 5.64. The molecule has 2 heterocycles. The van der Waals surface area contributed by atoms with Gasteiger partial charge in [0.05, 0.1) is 12.0 Å². The molecule has 0 spiro atoms. The molecule has 0 unspecified atom stereocenters. The van der Waals surface area contributed by atoms with Crippen molar-refractivity contribution < 1.29 is 14.0 Å². The zero-order valence-corrected chi connectivity index (χ0v) is 14.6. The summed E-state index contributed by atoms with van der Waals surface area (Å²) in [6.07, 6.45) is 7.53. The van der Waals surface area contributed by atoms with Crippen LogP contribution in [-0.2, 0) is 4.79 Å². The highest BCUT2D eigenvalue weighted by atomic mass is 32.2. The van der Waals surface area contributed by atoms with Crippen molar-refractivity contribution in [1.29, 1.82) is 0 Å². The first-order chi connectivity index (χ1) is 11.7. The number of hydrogen-bond acceptors (Lipinski definition) is 8. The van der Waals surface area contributed by atoms with Crippen LogP contribution in [0.2, 0.25) is 0 Å². The first-order valence-corrected chi connectivity index (χ1v) is 9.61. The topological polar surface area (TPSA) is 97.1 Å². The van der Waals surface area contributed by atoms with Crippen LogP contribution in [0, 0.1) is 0 Å². The minimum Gasteiger partial charge on any atom is -0.459 e. The van der Waals surface area contributed by atoms with Crippen LogP contribution in [0.1, 0.15) is 42.7 Å². The fraction of sp³-hybridized carbons (Fsp3) is 0.467. The van der Waals surface area contributed by atoms with Gasteiger partial charge in [0.15, 0.2) is 10.1 Å². The molecule has 24 heavy (non-hydrogen) atoms. The number of hydrogen-bond donors (Lipinski definition) is 2. The molecule has 0 saturated heterocycles. The maximum absolute atomic E-state index is 11.8. The summed E-state index contributed by atoms with van der Waals surface area (Å²) in [5, 5.41) is 14.6. The molecule has 2 aromatic rings. The highest BCUT2D eigenvalue weighted by Gasteiger charge is 2.16. The van der Waals surface area contributed by atoms with Crippen LogP contribution in [0.4, 0.5) is 5.13 Å². The van der Waals surface area contributed by atoms with Gasteiger partial charge in [-0.1, -0.05) is 42.4 Å². The number of anilines is 1. The van der Waals surface area contributed by atoms with Gasteiger partial charge in [0.1, 0.15) is 0 Å². The Bertz CT molecular complexity index is 681. The van der Waals surface area contributed by atoms with E-state index >= 15 is 0 Å². The lowest BCUT2D eigenvalue weighted by molar-refractivity contribution is -0.117. The number of aromatic nitrogens is 2. The summed E-state index contributed by atoms with van der Waals surface area (Å²) in [5.41, 5.74) is 0. The van der Waals surface area contributed by atoms with Crippen molar-refractivity contribution in [1.82, 2.24) is 15.5 Å². The predicted octanol–water partition coefficient (Wildman–Crippen LogP) is 2.92. The molecular weight excluding hydrogens is 348 g/mol. The van der Waals surface area contributed by atoms with Gasteiger partial charge >= 0.3 is 0 Å². The summed E-state index contributed by atoms with van der Waals surface area (Å²) in [7, 11) is 0. The molecule has 0 aromatic carbocycles. The van der Waals surface area contributed by atoms with E-state index in [1.54, 1.807) is 6.07 Å². The van der Waals surface area contributed by atoms with E-state index in [9.17, 15) is 9.59 Å². The van der Waals surface area contributed by atoms with Crippen molar-refractivity contribution in [3.05, 3.63) is 24.2 Å². The van der Waals surface area contributed by atoms with Gasteiger partial charge in [-0.3, -0.25) is 14.9 Å². The van der Waals surface area contributed by atoms with E-state index in [4.69, 9.17) is 4.42 Å². The molecule has 3 rings (SSSR count). The second-order valence-corrected chi connectivity index (χ2v) is 7.70. The summed E-state index contributed by atoms with van der Waals surface area (Å²) >= 11 is 2.69. The Labute approximate surface area is 147 Å². The summed E-state index contributed by atoms with van der Waals surface area (Å²) in [4.78, 5) is 23.5. The van der Waals surface area contributed by atoms with Crippen molar-refractivity contribution in [2.75, 3.05) is 11.1 Å². The monoisotopic (exact) mass is 366 g/mol. The van der Waals surface area contributed by atoms with E-state index in [0.717, 1.165) is 5.13 Å². The molecule has 0 radical (unpaired) electrons. The van der Waals surface area contributed by atoms with Crippen molar-refractivity contribution >= 4 is 40.0 Å². The van der Waals surface area contributed by atoms with E-state index in [1.165, 1.54) is 67.5 Å². The molecule has 128 valence electrons. The normalized spacial score (nSPS) is 15.2. The molecular formula is C15H18N4O3S2. The van der Waals surface area contributed by atoms with Gasteiger partial charge in [-0.2, -0.15) is 0 Å². The van der Waals surface area contributed by atoms with Crippen LogP contribution >= 0.6 is 23.1 Å². The first kappa shape index (κ1) is 17.0. The quantitative estimate of drug-likeness (QED) is 0.759. The molecule has 2 aromatic heterocycles. The Hall–Kier alpha value is -1.87. The smallest absolute Gasteiger partial charge is 0.293 e. The van der Waals surface area contributed by atoms with Crippen LogP contribution in [0.3, 0.4) is 0 Å². The maximum Gasteiger partial charge on any atom is 0.293 e. The molecule has 2 N–H and O–H groups in total. The van der Waals surface area contributed by atoms with Gasteiger partial charge in [0.2, 0.25) is 11.0 Å². The number of carbonyl (C=O) groups is 2. The Balaban J connectivity index is 1.43. The standard InChI is InChI=1S/C15H18N4O3S2/c20-12(17-13(21)11-7-4-8-22-11)9-23-15-19-18-14(24-15)16-10-5-2-1-3-6-10/h4,7-8,10H,1-3,5-6,9H2,(H,16,18)(H,17,20,21). The number of rotatable bonds is 6. The van der Waals surface area contributed by atoms with Crippen molar-refractivity contribution in [2.45, 2.75) is 42.5 Å². The zero-order chi connectivity index (χ0) is 16.8. The lowest BCUT2D eigenvalue weighted by atomic mass is 9.96. The number of thioether (sulfide) groups is 1. The van der Waals surface area contributed by atoms with E-state index in [0.29, 0.717) is 10.4 Å². The largest absolute Gasteiger partial charge is 0.459 e. The molecule has 1 saturated carbocycles. The van der Waals surface area contributed by atoms with E-state index in [2.05, 4.69) is 20.8 Å². The molecule has 7 nitrogen and oxygen atoms in total. The van der Waals surface area contributed by atoms with Crippen molar-refractivity contribution in [2.24, 2.45) is 0 Å². The highest BCUT2D eigenvalue weighted by Crippen LogP contribution is 2.28. The Morgan fingerprint density at radius 1 is 1.29 bits per heavy atom. The molecule has 1 fully saturated rings. The average Bonchev–Trinajstić information content (AvgIpc) is 3.26. The summed E-state index contributed by atoms with van der Waals surface area (Å²) in [6, 6.07) is 3.57. The van der Waals surface area contributed by atoms with Crippen molar-refractivity contribution in [3.63, 3.8) is 0 Å². The van der Waals surface area contributed by atoms with Crippen LogP contribution in [0.5, 0.6) is 0 Å². The lowest BCUT2D eigenvalue weighted by Crippen LogP contribution is -2.31. The number of carbonyl (C=O) groups excluding carboxylic acids is 2. The molecule has 0 atom stereocenters. The molecule has 2 amide bonds.